The van der Waals surface area contributed by atoms with E-state index in [1.165, 1.54) is 19.4 Å². The fourth-order valence-corrected chi connectivity index (χ4v) is 1.01. The molecule has 0 aromatic heterocycles. The molecular weight excluding hydrogens is 182 g/mol. The number of para-hydroxylation sites is 1. The van der Waals surface area contributed by atoms with Crippen molar-refractivity contribution in [2.24, 2.45) is 5.16 Å². The van der Waals surface area contributed by atoms with E-state index in [9.17, 15) is 9.90 Å². The molecule has 0 saturated carbocycles. The summed E-state index contributed by atoms with van der Waals surface area (Å²) in [4.78, 5) is 15.8. The van der Waals surface area contributed by atoms with Crippen LogP contribution in [0, 0.1) is 0 Å². The lowest BCUT2D eigenvalue weighted by Gasteiger charge is -1.99. The van der Waals surface area contributed by atoms with Crippen LogP contribution in [-0.4, -0.2) is 24.2 Å². The molecule has 0 unspecified atom stereocenters. The van der Waals surface area contributed by atoms with Crippen LogP contribution < -0.4 is 0 Å². The first kappa shape index (κ1) is 10.2. The molecule has 0 aliphatic heterocycles. The molecule has 0 amide bonds. The number of ketones is 1. The summed E-state index contributed by atoms with van der Waals surface area (Å²) in [6, 6.07) is 6.40. The predicted molar refractivity (Wildman–Crippen MR) is 52.6 cm³/mol. The number of benzene rings is 1. The Labute approximate surface area is 81.8 Å². The summed E-state index contributed by atoms with van der Waals surface area (Å²) in [5, 5.41) is 12.8. The number of phenols is 1. The Morgan fingerprint density at radius 1 is 1.57 bits per heavy atom. The fourth-order valence-electron chi connectivity index (χ4n) is 1.01. The van der Waals surface area contributed by atoms with E-state index in [4.69, 9.17) is 0 Å². The van der Waals surface area contributed by atoms with Gasteiger partial charge in [-0.05, 0) is 12.1 Å². The number of hydrogen-bond acceptors (Lipinski definition) is 4. The highest BCUT2D eigenvalue weighted by atomic mass is 16.6. The Bertz CT molecular complexity index is 347. The summed E-state index contributed by atoms with van der Waals surface area (Å²) >= 11 is 0. The van der Waals surface area contributed by atoms with Gasteiger partial charge >= 0.3 is 0 Å². The van der Waals surface area contributed by atoms with Gasteiger partial charge in [-0.2, -0.15) is 0 Å². The topological polar surface area (TPSA) is 58.9 Å². The number of aromatic hydroxyl groups is 1. The van der Waals surface area contributed by atoms with Crippen molar-refractivity contribution in [3.05, 3.63) is 29.8 Å². The van der Waals surface area contributed by atoms with Gasteiger partial charge in [0, 0.05) is 6.42 Å². The third kappa shape index (κ3) is 2.58. The summed E-state index contributed by atoms with van der Waals surface area (Å²) in [5.41, 5.74) is 0.301. The maximum absolute atomic E-state index is 11.4. The van der Waals surface area contributed by atoms with Crippen LogP contribution in [0.15, 0.2) is 29.4 Å². The normalized spacial score (nSPS) is 10.4. The molecule has 0 fully saturated rings. The lowest BCUT2D eigenvalue weighted by atomic mass is 10.1. The summed E-state index contributed by atoms with van der Waals surface area (Å²) < 4.78 is 0. The van der Waals surface area contributed by atoms with Crippen molar-refractivity contribution in [2.45, 2.75) is 6.42 Å². The van der Waals surface area contributed by atoms with Crippen LogP contribution in [0.4, 0.5) is 0 Å². The number of carbonyl (C=O) groups is 1. The Morgan fingerprint density at radius 2 is 2.29 bits per heavy atom. The van der Waals surface area contributed by atoms with Gasteiger partial charge in [0.2, 0.25) is 0 Å². The standard InChI is InChI=1S/C10H11NO3/c1-14-11-7-6-10(13)8-4-2-3-5-9(8)12/h2-5,7,12H,6H2,1H3/b11-7-. The van der Waals surface area contributed by atoms with Crippen LogP contribution in [0.3, 0.4) is 0 Å². The van der Waals surface area contributed by atoms with Crippen molar-refractivity contribution < 1.29 is 14.7 Å². The number of carbonyl (C=O) groups excluding carboxylic acids is 1. The SMILES string of the molecule is CO/N=C\CC(=O)c1ccccc1O. The molecule has 0 atom stereocenters. The van der Waals surface area contributed by atoms with E-state index in [1.807, 2.05) is 0 Å². The maximum atomic E-state index is 11.4. The zero-order chi connectivity index (χ0) is 10.4. The molecular formula is C10H11NO3. The van der Waals surface area contributed by atoms with Crippen LogP contribution in [0.25, 0.3) is 0 Å². The van der Waals surface area contributed by atoms with Crippen molar-refractivity contribution >= 4 is 12.0 Å². The lowest BCUT2D eigenvalue weighted by molar-refractivity contribution is 0.0997. The van der Waals surface area contributed by atoms with E-state index in [0.717, 1.165) is 0 Å². The van der Waals surface area contributed by atoms with E-state index >= 15 is 0 Å². The minimum atomic E-state index is -0.191. The Hall–Kier alpha value is -1.84. The van der Waals surface area contributed by atoms with Crippen LogP contribution >= 0.6 is 0 Å². The number of hydrogen-bond donors (Lipinski definition) is 1. The van der Waals surface area contributed by atoms with Crippen molar-refractivity contribution in [3.63, 3.8) is 0 Å². The highest BCUT2D eigenvalue weighted by molar-refractivity contribution is 6.05. The highest BCUT2D eigenvalue weighted by Crippen LogP contribution is 2.16. The Balaban J connectivity index is 2.70. The summed E-state index contributed by atoms with van der Waals surface area (Å²) in [6.07, 6.45) is 1.47. The lowest BCUT2D eigenvalue weighted by Crippen LogP contribution is -1.99. The van der Waals surface area contributed by atoms with E-state index in [0.29, 0.717) is 5.56 Å². The summed E-state index contributed by atoms with van der Waals surface area (Å²) in [7, 11) is 1.40. The molecule has 0 aliphatic rings. The average Bonchev–Trinajstić information content (AvgIpc) is 2.18. The van der Waals surface area contributed by atoms with Crippen LogP contribution in [-0.2, 0) is 4.84 Å². The molecule has 14 heavy (non-hydrogen) atoms. The van der Waals surface area contributed by atoms with Gasteiger partial charge in [-0.3, -0.25) is 4.79 Å². The minimum absolute atomic E-state index is 0.0108. The molecule has 74 valence electrons. The molecule has 0 radical (unpaired) electrons. The van der Waals surface area contributed by atoms with Gasteiger partial charge in [0.25, 0.3) is 0 Å². The molecule has 4 nitrogen and oxygen atoms in total. The zero-order valence-corrected chi connectivity index (χ0v) is 7.80. The van der Waals surface area contributed by atoms with E-state index in [-0.39, 0.29) is 18.0 Å². The molecule has 1 N–H and O–H groups in total. The number of rotatable bonds is 4. The molecule has 1 rings (SSSR count). The summed E-state index contributed by atoms with van der Waals surface area (Å²) in [6.45, 7) is 0. The van der Waals surface area contributed by atoms with Gasteiger partial charge < -0.3 is 9.94 Å². The number of Topliss-reactive ketones (excluding diaryl/α,β-unsaturated/α-hetero) is 1. The molecule has 0 bridgehead atoms. The van der Waals surface area contributed by atoms with Gasteiger partial charge in [0.1, 0.15) is 12.9 Å². The number of nitrogens with zero attached hydrogens (tertiary/aromatic N) is 1. The third-order valence-electron chi connectivity index (χ3n) is 1.66. The van der Waals surface area contributed by atoms with Gasteiger partial charge in [-0.15, -0.1) is 0 Å². The average molecular weight is 193 g/mol. The monoisotopic (exact) mass is 193 g/mol. The molecule has 1 aromatic rings. The van der Waals surface area contributed by atoms with Crippen LogP contribution in [0.1, 0.15) is 16.8 Å². The van der Waals surface area contributed by atoms with Crippen molar-refractivity contribution in [3.8, 4) is 5.75 Å². The second-order valence-corrected chi connectivity index (χ2v) is 2.62. The van der Waals surface area contributed by atoms with Crippen LogP contribution in [0.5, 0.6) is 5.75 Å². The molecule has 0 aliphatic carbocycles. The van der Waals surface area contributed by atoms with Crippen molar-refractivity contribution in [1.29, 1.82) is 0 Å². The molecule has 0 heterocycles. The van der Waals surface area contributed by atoms with E-state index in [2.05, 4.69) is 9.99 Å². The molecule has 0 spiro atoms. The first-order valence-corrected chi connectivity index (χ1v) is 4.12. The van der Waals surface area contributed by atoms with Crippen LogP contribution in [0.2, 0.25) is 0 Å². The minimum Gasteiger partial charge on any atom is -0.507 e. The fraction of sp³-hybridized carbons (Fsp3) is 0.200. The Kier molecular flexibility index (Phi) is 3.67. The largest absolute Gasteiger partial charge is 0.507 e. The number of phenolic OH excluding ortho intramolecular Hbond substituents is 1. The predicted octanol–water partition coefficient (Wildman–Crippen LogP) is 1.60. The Morgan fingerprint density at radius 3 is 2.93 bits per heavy atom. The van der Waals surface area contributed by atoms with Gasteiger partial charge in [-0.25, -0.2) is 0 Å². The second kappa shape index (κ2) is 5.01. The smallest absolute Gasteiger partial charge is 0.172 e. The third-order valence-corrected chi connectivity index (χ3v) is 1.66. The quantitative estimate of drug-likeness (QED) is 0.449. The molecule has 0 saturated heterocycles. The molecule has 4 heteroatoms. The second-order valence-electron chi connectivity index (χ2n) is 2.62. The summed E-state index contributed by atoms with van der Waals surface area (Å²) in [5.74, 6) is -0.202. The first-order valence-electron chi connectivity index (χ1n) is 4.12. The van der Waals surface area contributed by atoms with Crippen molar-refractivity contribution in [2.75, 3.05) is 7.11 Å². The first-order chi connectivity index (χ1) is 6.75. The number of oxime groups is 1. The van der Waals surface area contributed by atoms with Crippen molar-refractivity contribution in [1.82, 2.24) is 0 Å². The van der Waals surface area contributed by atoms with Gasteiger partial charge in [-0.1, -0.05) is 17.3 Å². The maximum Gasteiger partial charge on any atom is 0.172 e. The molecule has 1 aromatic carbocycles. The zero-order valence-electron chi connectivity index (χ0n) is 7.80. The highest BCUT2D eigenvalue weighted by Gasteiger charge is 2.08. The van der Waals surface area contributed by atoms with E-state index in [1.54, 1.807) is 18.2 Å². The van der Waals surface area contributed by atoms with Gasteiger partial charge in [0.05, 0.1) is 11.8 Å². The van der Waals surface area contributed by atoms with Gasteiger partial charge in [0.15, 0.2) is 5.78 Å². The van der Waals surface area contributed by atoms with E-state index < -0.39 is 0 Å².